The first-order chi connectivity index (χ1) is 11.7. The van der Waals surface area contributed by atoms with E-state index in [0.717, 1.165) is 31.6 Å². The molecule has 0 amide bonds. The molecule has 24 heavy (non-hydrogen) atoms. The van der Waals surface area contributed by atoms with Crippen LogP contribution < -0.4 is 9.47 Å². The Morgan fingerprint density at radius 1 is 0.875 bits per heavy atom. The van der Waals surface area contributed by atoms with Crippen molar-refractivity contribution >= 4 is 0 Å². The summed E-state index contributed by atoms with van der Waals surface area (Å²) in [7, 11) is 0. The Labute approximate surface area is 144 Å². The first-order valence-corrected chi connectivity index (χ1v) is 9.39. The topological polar surface area (TPSA) is 18.5 Å². The zero-order valence-corrected chi connectivity index (χ0v) is 15.0. The summed E-state index contributed by atoms with van der Waals surface area (Å²) in [5.41, 5.74) is 0. The van der Waals surface area contributed by atoms with Crippen LogP contribution in [-0.2, 0) is 0 Å². The van der Waals surface area contributed by atoms with Gasteiger partial charge in [-0.15, -0.1) is 0 Å². The van der Waals surface area contributed by atoms with Gasteiger partial charge in [0.25, 0.3) is 0 Å². The summed E-state index contributed by atoms with van der Waals surface area (Å²) in [6.07, 6.45) is 8.99. The first kappa shape index (κ1) is 19.0. The minimum absolute atomic E-state index is 0.00831. The highest BCUT2D eigenvalue weighted by atomic mass is 19.2. The molecule has 1 fully saturated rings. The Bertz CT molecular complexity index is 497. The van der Waals surface area contributed by atoms with Gasteiger partial charge in [0.15, 0.2) is 11.5 Å². The number of rotatable bonds is 9. The van der Waals surface area contributed by atoms with Gasteiger partial charge in [-0.2, -0.15) is 8.78 Å². The van der Waals surface area contributed by atoms with Crippen LogP contribution in [0.15, 0.2) is 12.1 Å². The van der Waals surface area contributed by atoms with Crippen LogP contribution in [0.5, 0.6) is 11.5 Å². The van der Waals surface area contributed by atoms with Gasteiger partial charge in [0, 0.05) is 0 Å². The molecule has 0 unspecified atom stereocenters. The molecule has 0 N–H and O–H groups in total. The molecule has 0 aliphatic heterocycles. The minimum Gasteiger partial charge on any atom is -0.490 e. The van der Waals surface area contributed by atoms with Gasteiger partial charge in [0.05, 0.1) is 13.2 Å². The molecular formula is C20H30F2O2. The zero-order chi connectivity index (χ0) is 17.4. The van der Waals surface area contributed by atoms with E-state index in [1.165, 1.54) is 37.8 Å². The molecule has 0 atom stereocenters. The number of ether oxygens (including phenoxy) is 2. The molecule has 0 spiro atoms. The van der Waals surface area contributed by atoms with E-state index in [1.807, 2.05) is 6.92 Å². The molecule has 4 heteroatoms. The highest BCUT2D eigenvalue weighted by Crippen LogP contribution is 2.33. The van der Waals surface area contributed by atoms with Crippen molar-refractivity contribution in [2.45, 2.75) is 65.2 Å². The van der Waals surface area contributed by atoms with E-state index in [4.69, 9.17) is 9.47 Å². The van der Waals surface area contributed by atoms with Crippen LogP contribution in [0.1, 0.15) is 65.2 Å². The van der Waals surface area contributed by atoms with Crippen molar-refractivity contribution in [1.82, 2.24) is 0 Å². The lowest BCUT2D eigenvalue weighted by molar-refractivity contribution is 0.172. The Kier molecular flexibility index (Phi) is 7.80. The van der Waals surface area contributed by atoms with Crippen molar-refractivity contribution in [2.24, 2.45) is 11.8 Å². The van der Waals surface area contributed by atoms with E-state index in [2.05, 4.69) is 6.92 Å². The van der Waals surface area contributed by atoms with Gasteiger partial charge in [-0.1, -0.05) is 46.0 Å². The fraction of sp³-hybridized carbons (Fsp3) is 0.700. The smallest absolute Gasteiger partial charge is 0.204 e. The lowest BCUT2D eigenvalue weighted by Gasteiger charge is -2.28. The van der Waals surface area contributed by atoms with Gasteiger partial charge in [0.1, 0.15) is 0 Å². The molecule has 1 aromatic rings. The van der Waals surface area contributed by atoms with Crippen LogP contribution in [0.4, 0.5) is 8.78 Å². The molecule has 0 heterocycles. The zero-order valence-electron chi connectivity index (χ0n) is 15.0. The van der Waals surface area contributed by atoms with Crippen LogP contribution in [0, 0.1) is 23.5 Å². The van der Waals surface area contributed by atoms with Crippen LogP contribution in [-0.4, -0.2) is 13.2 Å². The van der Waals surface area contributed by atoms with Crippen molar-refractivity contribution < 1.29 is 18.3 Å². The Hall–Kier alpha value is -1.32. The second kappa shape index (κ2) is 9.85. The second-order valence-corrected chi connectivity index (χ2v) is 6.88. The molecule has 136 valence electrons. The van der Waals surface area contributed by atoms with Crippen molar-refractivity contribution in [3.63, 3.8) is 0 Å². The maximum absolute atomic E-state index is 14.1. The third kappa shape index (κ3) is 5.35. The third-order valence-corrected chi connectivity index (χ3v) is 4.90. The van der Waals surface area contributed by atoms with Crippen LogP contribution in [0.2, 0.25) is 0 Å². The maximum atomic E-state index is 14.1. The average molecular weight is 340 g/mol. The van der Waals surface area contributed by atoms with Crippen LogP contribution in [0.25, 0.3) is 0 Å². The number of benzene rings is 1. The van der Waals surface area contributed by atoms with E-state index in [-0.39, 0.29) is 11.5 Å². The average Bonchev–Trinajstić information content (AvgIpc) is 2.60. The highest BCUT2D eigenvalue weighted by molar-refractivity contribution is 5.35. The van der Waals surface area contributed by atoms with Gasteiger partial charge in [-0.25, -0.2) is 0 Å². The summed E-state index contributed by atoms with van der Waals surface area (Å²) in [6.45, 7) is 5.11. The summed E-state index contributed by atoms with van der Waals surface area (Å²) in [5.74, 6) is -0.653. The lowest BCUT2D eigenvalue weighted by Crippen LogP contribution is -2.20. The quantitative estimate of drug-likeness (QED) is 0.503. The number of halogens is 2. The van der Waals surface area contributed by atoms with E-state index in [1.54, 1.807) is 0 Å². The molecule has 0 radical (unpaired) electrons. The summed E-state index contributed by atoms with van der Waals surface area (Å²) >= 11 is 0. The minimum atomic E-state index is -0.949. The van der Waals surface area contributed by atoms with Crippen molar-refractivity contribution in [1.29, 1.82) is 0 Å². The first-order valence-electron chi connectivity index (χ1n) is 9.39. The number of hydrogen-bond donors (Lipinski definition) is 0. The summed E-state index contributed by atoms with van der Waals surface area (Å²) < 4.78 is 39.0. The van der Waals surface area contributed by atoms with E-state index in [0.29, 0.717) is 19.1 Å². The molecule has 0 bridgehead atoms. The third-order valence-electron chi connectivity index (χ3n) is 4.90. The van der Waals surface area contributed by atoms with Gasteiger partial charge in [0.2, 0.25) is 11.6 Å². The molecule has 1 saturated carbocycles. The van der Waals surface area contributed by atoms with Crippen LogP contribution >= 0.6 is 0 Å². The van der Waals surface area contributed by atoms with E-state index < -0.39 is 11.6 Å². The number of unbranched alkanes of at least 4 members (excludes halogenated alkanes) is 1. The maximum Gasteiger partial charge on any atom is 0.204 e. The second-order valence-electron chi connectivity index (χ2n) is 6.88. The Morgan fingerprint density at radius 3 is 2.04 bits per heavy atom. The van der Waals surface area contributed by atoms with Crippen molar-refractivity contribution in [3.05, 3.63) is 23.8 Å². The molecule has 1 aliphatic carbocycles. The number of hydrogen-bond acceptors (Lipinski definition) is 2. The molecular weight excluding hydrogens is 310 g/mol. The molecule has 2 rings (SSSR count). The fourth-order valence-corrected chi connectivity index (χ4v) is 3.37. The highest BCUT2D eigenvalue weighted by Gasteiger charge is 2.22. The SMILES string of the molecule is CCCCOc1ccc(OCC2CCC(CCC)CC2)c(F)c1F. The summed E-state index contributed by atoms with van der Waals surface area (Å²) in [5, 5.41) is 0. The predicted molar refractivity (Wildman–Crippen MR) is 92.6 cm³/mol. The molecule has 0 saturated heterocycles. The lowest BCUT2D eigenvalue weighted by atomic mass is 9.80. The Balaban J connectivity index is 1.83. The standard InChI is InChI=1S/C20H30F2O2/c1-3-5-13-23-17-11-12-18(20(22)19(17)21)24-14-16-9-7-15(6-4-2)8-10-16/h11-12,15-16H,3-10,13-14H2,1-2H3. The van der Waals surface area contributed by atoms with Crippen molar-refractivity contribution in [3.8, 4) is 11.5 Å². The summed E-state index contributed by atoms with van der Waals surface area (Å²) in [4.78, 5) is 0. The Morgan fingerprint density at radius 2 is 1.46 bits per heavy atom. The van der Waals surface area contributed by atoms with E-state index >= 15 is 0 Å². The summed E-state index contributed by atoms with van der Waals surface area (Å²) in [6, 6.07) is 2.93. The molecule has 0 aromatic heterocycles. The van der Waals surface area contributed by atoms with Gasteiger partial charge in [-0.3, -0.25) is 0 Å². The molecule has 1 aromatic carbocycles. The monoisotopic (exact) mass is 340 g/mol. The van der Waals surface area contributed by atoms with Crippen LogP contribution in [0.3, 0.4) is 0 Å². The van der Waals surface area contributed by atoms with Crippen molar-refractivity contribution in [2.75, 3.05) is 13.2 Å². The fourth-order valence-electron chi connectivity index (χ4n) is 3.37. The predicted octanol–water partition coefficient (Wildman–Crippen LogP) is 6.13. The molecule has 1 aliphatic rings. The molecule has 2 nitrogen and oxygen atoms in total. The van der Waals surface area contributed by atoms with Gasteiger partial charge < -0.3 is 9.47 Å². The van der Waals surface area contributed by atoms with Gasteiger partial charge in [-0.05, 0) is 43.2 Å². The van der Waals surface area contributed by atoms with E-state index in [9.17, 15) is 8.78 Å². The largest absolute Gasteiger partial charge is 0.490 e. The van der Waals surface area contributed by atoms with Gasteiger partial charge >= 0.3 is 0 Å². The normalized spacial score (nSPS) is 20.8.